The van der Waals surface area contributed by atoms with Crippen molar-refractivity contribution in [1.29, 1.82) is 0 Å². The average molecular weight is 281 g/mol. The van der Waals surface area contributed by atoms with Crippen molar-refractivity contribution < 1.29 is 19.7 Å². The number of nitrogens with one attached hydrogen (secondary N) is 1. The standard InChI is InChI=1S/C15H23NO4/c1-19-14-4-5-15(20-2)11-9-13(18)12(8-10(11)14)16-6-3-7-17/h4-5,12-13,16-18H,3,6-9H2,1-2H3. The number of benzene rings is 1. The minimum atomic E-state index is -0.456. The highest BCUT2D eigenvalue weighted by molar-refractivity contribution is 5.51. The second-order valence-electron chi connectivity index (χ2n) is 5.04. The predicted octanol–water partition coefficient (Wildman–Crippen LogP) is 0.504. The summed E-state index contributed by atoms with van der Waals surface area (Å²) in [4.78, 5) is 0. The van der Waals surface area contributed by atoms with Crippen molar-refractivity contribution in [2.75, 3.05) is 27.4 Å². The second-order valence-corrected chi connectivity index (χ2v) is 5.04. The van der Waals surface area contributed by atoms with E-state index in [-0.39, 0.29) is 12.6 Å². The summed E-state index contributed by atoms with van der Waals surface area (Å²) in [6.45, 7) is 0.851. The molecule has 20 heavy (non-hydrogen) atoms. The molecule has 112 valence electrons. The summed E-state index contributed by atoms with van der Waals surface area (Å²) in [6, 6.07) is 3.76. The first-order chi connectivity index (χ1) is 9.71. The fraction of sp³-hybridized carbons (Fsp3) is 0.600. The highest BCUT2D eigenvalue weighted by Gasteiger charge is 2.30. The Morgan fingerprint density at radius 1 is 1.15 bits per heavy atom. The SMILES string of the molecule is COc1ccc(OC)c2c1CC(O)C(NCCCO)C2. The Bertz CT molecular complexity index is 450. The van der Waals surface area contributed by atoms with Gasteiger partial charge in [-0.3, -0.25) is 0 Å². The van der Waals surface area contributed by atoms with Crippen LogP contribution in [0.1, 0.15) is 17.5 Å². The summed E-state index contributed by atoms with van der Waals surface area (Å²) in [5, 5.41) is 22.4. The van der Waals surface area contributed by atoms with Gasteiger partial charge < -0.3 is 25.0 Å². The molecule has 2 unspecified atom stereocenters. The molecule has 1 aromatic rings. The quantitative estimate of drug-likeness (QED) is 0.663. The maximum Gasteiger partial charge on any atom is 0.122 e. The van der Waals surface area contributed by atoms with E-state index in [0.29, 0.717) is 25.8 Å². The summed E-state index contributed by atoms with van der Waals surface area (Å²) in [6.07, 6.45) is 1.47. The van der Waals surface area contributed by atoms with Gasteiger partial charge in [-0.15, -0.1) is 0 Å². The molecule has 0 aliphatic heterocycles. The van der Waals surface area contributed by atoms with Gasteiger partial charge in [0, 0.05) is 30.2 Å². The molecular weight excluding hydrogens is 258 g/mol. The van der Waals surface area contributed by atoms with Crippen molar-refractivity contribution in [3.63, 3.8) is 0 Å². The van der Waals surface area contributed by atoms with Gasteiger partial charge in [0.05, 0.1) is 20.3 Å². The normalized spacial score (nSPS) is 21.4. The smallest absolute Gasteiger partial charge is 0.122 e. The van der Waals surface area contributed by atoms with E-state index in [1.807, 2.05) is 12.1 Å². The maximum absolute atomic E-state index is 10.3. The molecule has 1 aliphatic carbocycles. The summed E-state index contributed by atoms with van der Waals surface area (Å²) < 4.78 is 10.8. The number of hydrogen-bond acceptors (Lipinski definition) is 5. The van der Waals surface area contributed by atoms with Gasteiger partial charge in [0.2, 0.25) is 0 Å². The molecule has 1 aliphatic rings. The Labute approximate surface area is 119 Å². The van der Waals surface area contributed by atoms with Crippen LogP contribution in [-0.4, -0.2) is 49.7 Å². The number of rotatable bonds is 6. The molecule has 2 atom stereocenters. The van der Waals surface area contributed by atoms with E-state index < -0.39 is 6.10 Å². The summed E-state index contributed by atoms with van der Waals surface area (Å²) >= 11 is 0. The van der Waals surface area contributed by atoms with E-state index in [2.05, 4.69) is 5.32 Å². The zero-order chi connectivity index (χ0) is 14.5. The molecule has 0 amide bonds. The Morgan fingerprint density at radius 3 is 2.30 bits per heavy atom. The van der Waals surface area contributed by atoms with Crippen LogP contribution in [0.25, 0.3) is 0 Å². The molecule has 0 saturated heterocycles. The highest BCUT2D eigenvalue weighted by atomic mass is 16.5. The lowest BCUT2D eigenvalue weighted by Gasteiger charge is -2.32. The molecule has 5 nitrogen and oxygen atoms in total. The molecular formula is C15H23NO4. The third kappa shape index (κ3) is 3.06. The van der Waals surface area contributed by atoms with Crippen LogP contribution >= 0.6 is 0 Å². The molecule has 0 spiro atoms. The molecule has 0 fully saturated rings. The van der Waals surface area contributed by atoms with E-state index in [1.54, 1.807) is 14.2 Å². The van der Waals surface area contributed by atoms with Crippen molar-refractivity contribution in [3.05, 3.63) is 23.3 Å². The van der Waals surface area contributed by atoms with Crippen LogP contribution in [0.2, 0.25) is 0 Å². The third-order valence-electron chi connectivity index (χ3n) is 3.83. The molecule has 0 radical (unpaired) electrons. The van der Waals surface area contributed by atoms with E-state index >= 15 is 0 Å². The van der Waals surface area contributed by atoms with E-state index in [1.165, 1.54) is 0 Å². The van der Waals surface area contributed by atoms with E-state index in [4.69, 9.17) is 14.6 Å². The topological polar surface area (TPSA) is 71.0 Å². The van der Waals surface area contributed by atoms with Gasteiger partial charge in [0.15, 0.2) is 0 Å². The van der Waals surface area contributed by atoms with Gasteiger partial charge >= 0.3 is 0 Å². The number of hydrogen-bond donors (Lipinski definition) is 3. The lowest BCUT2D eigenvalue weighted by molar-refractivity contribution is 0.116. The average Bonchev–Trinajstić information content (AvgIpc) is 2.47. The largest absolute Gasteiger partial charge is 0.496 e. The Kier molecular flexibility index (Phi) is 5.23. The second kappa shape index (κ2) is 6.92. The van der Waals surface area contributed by atoms with Crippen LogP contribution in [0.15, 0.2) is 12.1 Å². The zero-order valence-corrected chi connectivity index (χ0v) is 12.1. The number of fused-ring (bicyclic) bond motifs is 1. The third-order valence-corrected chi connectivity index (χ3v) is 3.83. The van der Waals surface area contributed by atoms with Gasteiger partial charge in [-0.2, -0.15) is 0 Å². The van der Waals surface area contributed by atoms with Crippen LogP contribution in [-0.2, 0) is 12.8 Å². The first kappa shape index (κ1) is 15.1. The molecule has 0 bridgehead atoms. The fourth-order valence-electron chi connectivity index (χ4n) is 2.76. The zero-order valence-electron chi connectivity index (χ0n) is 12.1. The molecule has 0 saturated carbocycles. The molecule has 3 N–H and O–H groups in total. The van der Waals surface area contributed by atoms with Crippen LogP contribution < -0.4 is 14.8 Å². The number of aliphatic hydroxyl groups excluding tert-OH is 2. The van der Waals surface area contributed by atoms with Crippen LogP contribution in [0.4, 0.5) is 0 Å². The van der Waals surface area contributed by atoms with Crippen LogP contribution in [0, 0.1) is 0 Å². The lowest BCUT2D eigenvalue weighted by atomic mass is 9.85. The summed E-state index contributed by atoms with van der Waals surface area (Å²) in [5.41, 5.74) is 2.12. The molecule has 5 heteroatoms. The number of methoxy groups -OCH3 is 2. The summed E-state index contributed by atoms with van der Waals surface area (Å²) in [7, 11) is 3.29. The van der Waals surface area contributed by atoms with Crippen LogP contribution in [0.3, 0.4) is 0 Å². The van der Waals surface area contributed by atoms with Crippen molar-refractivity contribution in [3.8, 4) is 11.5 Å². The minimum absolute atomic E-state index is 0.0185. The van der Waals surface area contributed by atoms with E-state index in [9.17, 15) is 5.11 Å². The highest BCUT2D eigenvalue weighted by Crippen LogP contribution is 2.36. The van der Waals surface area contributed by atoms with Gasteiger partial charge in [0.25, 0.3) is 0 Å². The Morgan fingerprint density at radius 2 is 1.75 bits per heavy atom. The first-order valence-electron chi connectivity index (χ1n) is 6.96. The Hall–Kier alpha value is -1.30. The fourth-order valence-corrected chi connectivity index (χ4v) is 2.76. The van der Waals surface area contributed by atoms with Crippen molar-refractivity contribution in [2.45, 2.75) is 31.4 Å². The minimum Gasteiger partial charge on any atom is -0.496 e. The van der Waals surface area contributed by atoms with Crippen molar-refractivity contribution >= 4 is 0 Å². The van der Waals surface area contributed by atoms with Gasteiger partial charge in [-0.05, 0) is 31.5 Å². The maximum atomic E-state index is 10.3. The monoisotopic (exact) mass is 281 g/mol. The number of aliphatic hydroxyl groups is 2. The van der Waals surface area contributed by atoms with Crippen molar-refractivity contribution in [2.24, 2.45) is 0 Å². The Balaban J connectivity index is 2.22. The predicted molar refractivity (Wildman–Crippen MR) is 76.5 cm³/mol. The number of ether oxygens (including phenoxy) is 2. The van der Waals surface area contributed by atoms with Gasteiger partial charge in [0.1, 0.15) is 11.5 Å². The van der Waals surface area contributed by atoms with Crippen LogP contribution in [0.5, 0.6) is 11.5 Å². The first-order valence-corrected chi connectivity index (χ1v) is 6.96. The lowest BCUT2D eigenvalue weighted by Crippen LogP contribution is -2.46. The summed E-state index contributed by atoms with van der Waals surface area (Å²) in [5.74, 6) is 1.63. The molecule has 1 aromatic carbocycles. The molecule has 2 rings (SSSR count). The van der Waals surface area contributed by atoms with E-state index in [0.717, 1.165) is 22.6 Å². The van der Waals surface area contributed by atoms with Gasteiger partial charge in [-0.1, -0.05) is 0 Å². The van der Waals surface area contributed by atoms with Crippen molar-refractivity contribution in [1.82, 2.24) is 5.32 Å². The molecule has 0 aromatic heterocycles. The molecule has 0 heterocycles. The van der Waals surface area contributed by atoms with Gasteiger partial charge in [-0.25, -0.2) is 0 Å².